The second-order valence-electron chi connectivity index (χ2n) is 7.04. The van der Waals surface area contributed by atoms with Crippen LogP contribution in [0, 0.1) is 0 Å². The van der Waals surface area contributed by atoms with Gasteiger partial charge in [-0.1, -0.05) is 30.3 Å². The van der Waals surface area contributed by atoms with E-state index in [1.807, 2.05) is 59.6 Å². The molecule has 0 unspecified atom stereocenters. The number of rotatable bonds is 5. The highest BCUT2D eigenvalue weighted by Gasteiger charge is 2.44. The van der Waals surface area contributed by atoms with E-state index in [2.05, 4.69) is 4.98 Å². The highest BCUT2D eigenvalue weighted by atomic mass is 32.1. The molecule has 3 N–H and O–H groups in total. The number of nitrogens with zero attached hydrogens (tertiary/aromatic N) is 3. The van der Waals surface area contributed by atoms with Gasteiger partial charge in [-0.15, -0.1) is 11.3 Å². The number of hydrogen-bond acceptors (Lipinski definition) is 6. The lowest BCUT2D eigenvalue weighted by molar-refractivity contribution is -0.142. The molecule has 0 bridgehead atoms. The van der Waals surface area contributed by atoms with Crippen LogP contribution in [0.2, 0.25) is 0 Å². The Bertz CT molecular complexity index is 749. The number of carbonyl (C=O) groups excluding carboxylic acids is 1. The molecule has 1 saturated heterocycles. The Morgan fingerprint density at radius 1 is 1.42 bits per heavy atom. The number of anilines is 1. The zero-order valence-corrected chi connectivity index (χ0v) is 16.1. The fourth-order valence-electron chi connectivity index (χ4n) is 3.63. The molecule has 3 rings (SSSR count). The van der Waals surface area contributed by atoms with Crippen molar-refractivity contribution in [3.05, 3.63) is 47.0 Å². The van der Waals surface area contributed by atoms with Crippen molar-refractivity contribution < 1.29 is 9.90 Å². The summed E-state index contributed by atoms with van der Waals surface area (Å²) in [5.41, 5.74) is 6.46. The predicted molar refractivity (Wildman–Crippen MR) is 104 cm³/mol. The summed E-state index contributed by atoms with van der Waals surface area (Å²) in [6, 6.07) is 9.59. The summed E-state index contributed by atoms with van der Waals surface area (Å²) in [7, 11) is 3.90. The van der Waals surface area contributed by atoms with Gasteiger partial charge in [0.2, 0.25) is 5.91 Å². The molecule has 0 spiro atoms. The number of piperidine rings is 1. The number of hydrogen-bond donors (Lipinski definition) is 2. The van der Waals surface area contributed by atoms with E-state index in [-0.39, 0.29) is 11.9 Å². The second-order valence-corrected chi connectivity index (χ2v) is 7.93. The number of nitrogens with two attached hydrogens (primary N) is 1. The Morgan fingerprint density at radius 2 is 2.15 bits per heavy atom. The van der Waals surface area contributed by atoms with Crippen LogP contribution in [-0.4, -0.2) is 59.0 Å². The van der Waals surface area contributed by atoms with Crippen LogP contribution in [0.5, 0.6) is 0 Å². The molecule has 1 aliphatic rings. The zero-order valence-electron chi connectivity index (χ0n) is 15.3. The molecule has 0 aliphatic carbocycles. The molecule has 1 aromatic carbocycles. The minimum atomic E-state index is -0.953. The van der Waals surface area contributed by atoms with Crippen molar-refractivity contribution in [3.63, 3.8) is 0 Å². The fraction of sp³-hybridized carbons (Fsp3) is 0.474. The molecular weight excluding hydrogens is 348 g/mol. The van der Waals surface area contributed by atoms with Gasteiger partial charge in [0, 0.05) is 24.9 Å². The zero-order chi connectivity index (χ0) is 18.7. The maximum Gasteiger partial charge on any atom is 0.223 e. The molecule has 0 saturated carbocycles. The molecule has 1 aliphatic heterocycles. The molecule has 1 aromatic heterocycles. The average molecular weight is 375 g/mol. The Kier molecular flexibility index (Phi) is 5.60. The standard InChI is InChI=1S/C19H26N4O2S/c1-22(2)16-12-23(17(24)9-8-15-13-26-18(20)21-15)11-10-19(16,25)14-6-4-3-5-7-14/h3-7,13,16,25H,8-12H2,1-2H3,(H2,20,21)/t16-,19+/m1/s1. The van der Waals surface area contributed by atoms with E-state index in [9.17, 15) is 9.90 Å². The lowest BCUT2D eigenvalue weighted by atomic mass is 9.79. The maximum atomic E-state index is 12.7. The van der Waals surface area contributed by atoms with Gasteiger partial charge in [-0.3, -0.25) is 4.79 Å². The molecule has 140 valence electrons. The van der Waals surface area contributed by atoms with E-state index in [4.69, 9.17) is 5.73 Å². The Hall–Kier alpha value is -1.96. The fourth-order valence-corrected chi connectivity index (χ4v) is 4.23. The lowest BCUT2D eigenvalue weighted by Gasteiger charge is -2.47. The second kappa shape index (κ2) is 7.73. The topological polar surface area (TPSA) is 82.7 Å². The van der Waals surface area contributed by atoms with E-state index in [0.717, 1.165) is 11.3 Å². The first-order chi connectivity index (χ1) is 12.4. The van der Waals surface area contributed by atoms with Gasteiger partial charge in [0.1, 0.15) is 5.60 Å². The van der Waals surface area contributed by atoms with E-state index < -0.39 is 5.60 Å². The molecule has 26 heavy (non-hydrogen) atoms. The summed E-state index contributed by atoms with van der Waals surface area (Å²) in [5, 5.41) is 13.8. The van der Waals surface area contributed by atoms with Crippen molar-refractivity contribution in [1.82, 2.24) is 14.8 Å². The third kappa shape index (κ3) is 3.90. The summed E-state index contributed by atoms with van der Waals surface area (Å²) in [6.07, 6.45) is 1.53. The van der Waals surface area contributed by atoms with E-state index in [1.54, 1.807) is 0 Å². The van der Waals surface area contributed by atoms with Gasteiger partial charge in [-0.05, 0) is 32.5 Å². The van der Waals surface area contributed by atoms with E-state index >= 15 is 0 Å². The van der Waals surface area contributed by atoms with E-state index in [1.165, 1.54) is 11.3 Å². The van der Waals surface area contributed by atoms with Crippen LogP contribution in [0.3, 0.4) is 0 Å². The van der Waals surface area contributed by atoms with Crippen LogP contribution >= 0.6 is 11.3 Å². The number of aromatic nitrogens is 1. The maximum absolute atomic E-state index is 12.7. The number of likely N-dealkylation sites (tertiary alicyclic amines) is 1. The minimum Gasteiger partial charge on any atom is -0.383 e. The Morgan fingerprint density at radius 3 is 2.77 bits per heavy atom. The molecule has 0 radical (unpaired) electrons. The summed E-state index contributed by atoms with van der Waals surface area (Å²) in [4.78, 5) is 20.7. The number of benzene rings is 1. The first-order valence-electron chi connectivity index (χ1n) is 8.82. The first-order valence-corrected chi connectivity index (χ1v) is 9.70. The van der Waals surface area contributed by atoms with Gasteiger partial charge >= 0.3 is 0 Å². The monoisotopic (exact) mass is 374 g/mol. The van der Waals surface area contributed by atoms with Gasteiger partial charge in [0.15, 0.2) is 5.13 Å². The molecular formula is C19H26N4O2S. The van der Waals surface area contributed by atoms with Crippen LogP contribution in [0.4, 0.5) is 5.13 Å². The minimum absolute atomic E-state index is 0.0959. The number of likely N-dealkylation sites (N-methyl/N-ethyl adjacent to an activating group) is 1. The van der Waals surface area contributed by atoms with Crippen LogP contribution < -0.4 is 5.73 Å². The summed E-state index contributed by atoms with van der Waals surface area (Å²) in [6.45, 7) is 1.06. The largest absolute Gasteiger partial charge is 0.383 e. The molecule has 1 amide bonds. The Balaban J connectivity index is 1.68. The molecule has 2 atom stereocenters. The summed E-state index contributed by atoms with van der Waals surface area (Å²) < 4.78 is 0. The van der Waals surface area contributed by atoms with Crippen LogP contribution in [0.15, 0.2) is 35.7 Å². The van der Waals surface area contributed by atoms with Crippen LogP contribution in [-0.2, 0) is 16.8 Å². The van der Waals surface area contributed by atoms with Crippen LogP contribution in [0.1, 0.15) is 24.1 Å². The molecule has 6 nitrogen and oxygen atoms in total. The number of thiazole rings is 1. The van der Waals surface area contributed by atoms with Crippen molar-refractivity contribution in [2.75, 3.05) is 32.9 Å². The third-order valence-electron chi connectivity index (χ3n) is 5.12. The van der Waals surface area contributed by atoms with Crippen LogP contribution in [0.25, 0.3) is 0 Å². The van der Waals surface area contributed by atoms with Crippen molar-refractivity contribution in [3.8, 4) is 0 Å². The van der Waals surface area contributed by atoms with Gasteiger partial charge < -0.3 is 20.6 Å². The molecule has 2 heterocycles. The highest BCUT2D eigenvalue weighted by Crippen LogP contribution is 2.35. The number of aryl methyl sites for hydroxylation is 1. The van der Waals surface area contributed by atoms with Gasteiger partial charge in [-0.2, -0.15) is 0 Å². The van der Waals surface area contributed by atoms with E-state index in [0.29, 0.717) is 37.5 Å². The van der Waals surface area contributed by atoms with Gasteiger partial charge in [-0.25, -0.2) is 4.98 Å². The SMILES string of the molecule is CN(C)[C@@H]1CN(C(=O)CCc2csc(N)n2)CC[C@]1(O)c1ccccc1. The summed E-state index contributed by atoms with van der Waals surface area (Å²) in [5.74, 6) is 0.0959. The number of carbonyl (C=O) groups is 1. The molecule has 7 heteroatoms. The number of aliphatic hydroxyl groups is 1. The quantitative estimate of drug-likeness (QED) is 0.832. The Labute approximate surface area is 158 Å². The number of amides is 1. The smallest absolute Gasteiger partial charge is 0.223 e. The molecule has 1 fully saturated rings. The van der Waals surface area contributed by atoms with Gasteiger partial charge in [0.25, 0.3) is 0 Å². The summed E-state index contributed by atoms with van der Waals surface area (Å²) >= 11 is 1.40. The average Bonchev–Trinajstić information content (AvgIpc) is 3.06. The van der Waals surface area contributed by atoms with Crippen molar-refractivity contribution in [2.45, 2.75) is 30.9 Å². The third-order valence-corrected chi connectivity index (χ3v) is 5.84. The lowest BCUT2D eigenvalue weighted by Crippen LogP contribution is -2.60. The predicted octanol–water partition coefficient (Wildman–Crippen LogP) is 1.71. The van der Waals surface area contributed by atoms with Crippen molar-refractivity contribution in [2.24, 2.45) is 0 Å². The normalized spacial score (nSPS) is 23.4. The van der Waals surface area contributed by atoms with Crippen molar-refractivity contribution in [1.29, 1.82) is 0 Å². The molecule has 2 aromatic rings. The highest BCUT2D eigenvalue weighted by molar-refractivity contribution is 7.13. The van der Waals surface area contributed by atoms with Crippen molar-refractivity contribution >= 4 is 22.4 Å². The van der Waals surface area contributed by atoms with Gasteiger partial charge in [0.05, 0.1) is 11.7 Å². The first kappa shape index (κ1) is 18.8. The number of nitrogen functional groups attached to an aromatic ring is 1.